The van der Waals surface area contributed by atoms with E-state index in [9.17, 15) is 9.59 Å². The summed E-state index contributed by atoms with van der Waals surface area (Å²) in [7, 11) is 0. The first kappa shape index (κ1) is 12.4. The monoisotopic (exact) mass is 245 g/mol. The minimum atomic E-state index is -0.887. The van der Waals surface area contributed by atoms with E-state index in [0.717, 1.165) is 22.0 Å². The molecule has 0 saturated heterocycles. The second kappa shape index (κ2) is 4.29. The highest BCUT2D eigenvalue weighted by Crippen LogP contribution is 2.27. The van der Waals surface area contributed by atoms with E-state index < -0.39 is 5.97 Å². The molecule has 2 aromatic rings. The number of nitrogens with zero attached hydrogens (tertiary/aromatic N) is 1. The molecule has 18 heavy (non-hydrogen) atoms. The average molecular weight is 245 g/mol. The van der Waals surface area contributed by atoms with E-state index in [0.29, 0.717) is 5.69 Å². The maximum atomic E-state index is 11.7. The molecule has 1 heterocycles. The number of carboxylic acids is 1. The van der Waals surface area contributed by atoms with Crippen molar-refractivity contribution in [3.63, 3.8) is 0 Å². The van der Waals surface area contributed by atoms with Gasteiger partial charge in [-0.05, 0) is 31.5 Å². The summed E-state index contributed by atoms with van der Waals surface area (Å²) in [5.41, 5.74) is 3.26. The number of aliphatic carboxylic acids is 1. The van der Waals surface area contributed by atoms with Crippen molar-refractivity contribution in [2.24, 2.45) is 0 Å². The molecular weight excluding hydrogens is 230 g/mol. The summed E-state index contributed by atoms with van der Waals surface area (Å²) in [4.78, 5) is 22.6. The smallest absolute Gasteiger partial charge is 0.307 e. The van der Waals surface area contributed by atoms with Crippen molar-refractivity contribution in [1.82, 2.24) is 4.57 Å². The molecule has 0 fully saturated rings. The number of hydrogen-bond donors (Lipinski definition) is 1. The Morgan fingerprint density at radius 2 is 1.94 bits per heavy atom. The first-order chi connectivity index (χ1) is 8.41. The standard InChI is InChI=1S/C14H15NO3/c1-8-4-5-13-12(6-8)11(7-14(17)18)9(2)15(13)10(3)16/h4-6H,7H2,1-3H3,(H,17,18). The van der Waals surface area contributed by atoms with Gasteiger partial charge in [0.05, 0.1) is 11.9 Å². The predicted octanol–water partition coefficient (Wildman–Crippen LogP) is 2.55. The third-order valence-electron chi connectivity index (χ3n) is 3.13. The van der Waals surface area contributed by atoms with Crippen LogP contribution in [0.3, 0.4) is 0 Å². The molecular formula is C14H15NO3. The molecule has 2 rings (SSSR count). The molecule has 4 heteroatoms. The topological polar surface area (TPSA) is 59.3 Å². The molecule has 0 aliphatic heterocycles. The highest BCUT2D eigenvalue weighted by atomic mass is 16.4. The largest absolute Gasteiger partial charge is 0.481 e. The van der Waals surface area contributed by atoms with E-state index in [1.54, 1.807) is 11.5 Å². The molecule has 1 aromatic heterocycles. The normalized spacial score (nSPS) is 10.8. The summed E-state index contributed by atoms with van der Waals surface area (Å²) in [5.74, 6) is -0.986. The van der Waals surface area contributed by atoms with Crippen molar-refractivity contribution in [3.05, 3.63) is 35.0 Å². The Labute approximate surface area is 105 Å². The minimum Gasteiger partial charge on any atom is -0.481 e. The average Bonchev–Trinajstić information content (AvgIpc) is 2.52. The van der Waals surface area contributed by atoms with Crippen molar-refractivity contribution in [2.75, 3.05) is 0 Å². The van der Waals surface area contributed by atoms with Gasteiger partial charge in [-0.2, -0.15) is 0 Å². The quantitative estimate of drug-likeness (QED) is 0.884. The van der Waals surface area contributed by atoms with Crippen LogP contribution in [0.5, 0.6) is 0 Å². The number of carbonyl (C=O) groups excluding carboxylic acids is 1. The van der Waals surface area contributed by atoms with Crippen molar-refractivity contribution >= 4 is 22.8 Å². The first-order valence-electron chi connectivity index (χ1n) is 5.75. The van der Waals surface area contributed by atoms with Crippen LogP contribution in [0.4, 0.5) is 0 Å². The number of benzene rings is 1. The number of aryl methyl sites for hydroxylation is 1. The van der Waals surface area contributed by atoms with Gasteiger partial charge in [-0.15, -0.1) is 0 Å². The summed E-state index contributed by atoms with van der Waals surface area (Å²) in [6, 6.07) is 5.72. The highest BCUT2D eigenvalue weighted by Gasteiger charge is 2.18. The number of fused-ring (bicyclic) bond motifs is 1. The van der Waals surface area contributed by atoms with Gasteiger partial charge < -0.3 is 5.11 Å². The molecule has 94 valence electrons. The molecule has 0 bridgehead atoms. The maximum absolute atomic E-state index is 11.7. The molecule has 0 radical (unpaired) electrons. The van der Waals surface area contributed by atoms with E-state index in [-0.39, 0.29) is 12.3 Å². The SMILES string of the molecule is CC(=O)n1c(C)c(CC(=O)O)c2cc(C)ccc21. The number of rotatable bonds is 2. The van der Waals surface area contributed by atoms with Gasteiger partial charge >= 0.3 is 5.97 Å². The second-order valence-corrected chi connectivity index (χ2v) is 4.51. The molecule has 0 aliphatic carbocycles. The van der Waals surface area contributed by atoms with Gasteiger partial charge in [-0.1, -0.05) is 11.6 Å². The number of aromatic nitrogens is 1. The van der Waals surface area contributed by atoms with Gasteiger partial charge in [0.2, 0.25) is 5.91 Å². The number of carbonyl (C=O) groups is 2. The maximum Gasteiger partial charge on any atom is 0.307 e. The van der Waals surface area contributed by atoms with Crippen molar-refractivity contribution in [1.29, 1.82) is 0 Å². The molecule has 1 N–H and O–H groups in total. The van der Waals surface area contributed by atoms with E-state index in [1.807, 2.05) is 25.1 Å². The van der Waals surface area contributed by atoms with E-state index in [2.05, 4.69) is 0 Å². The molecule has 0 spiro atoms. The van der Waals surface area contributed by atoms with Gasteiger partial charge in [-0.3, -0.25) is 14.2 Å². The summed E-state index contributed by atoms with van der Waals surface area (Å²) in [6.07, 6.45) is -0.0634. The molecule has 0 unspecified atom stereocenters. The lowest BCUT2D eigenvalue weighted by Crippen LogP contribution is -2.08. The molecule has 0 saturated carbocycles. The zero-order valence-electron chi connectivity index (χ0n) is 10.7. The van der Waals surface area contributed by atoms with Crippen LogP contribution in [-0.2, 0) is 11.2 Å². The summed E-state index contributed by atoms with van der Waals surface area (Å²) in [6.45, 7) is 5.22. The summed E-state index contributed by atoms with van der Waals surface area (Å²) < 4.78 is 1.58. The van der Waals surface area contributed by atoms with Gasteiger partial charge in [0.1, 0.15) is 0 Å². The van der Waals surface area contributed by atoms with Crippen LogP contribution in [0.1, 0.15) is 28.5 Å². The third kappa shape index (κ3) is 1.90. The van der Waals surface area contributed by atoms with Crippen LogP contribution in [0.2, 0.25) is 0 Å². The Bertz CT molecular complexity index is 653. The Morgan fingerprint density at radius 3 is 2.50 bits per heavy atom. The van der Waals surface area contributed by atoms with Crippen molar-refractivity contribution in [3.8, 4) is 0 Å². The summed E-state index contributed by atoms with van der Waals surface area (Å²) in [5, 5.41) is 9.83. The van der Waals surface area contributed by atoms with Crippen LogP contribution >= 0.6 is 0 Å². The van der Waals surface area contributed by atoms with Crippen LogP contribution in [-0.4, -0.2) is 21.6 Å². The molecule has 1 aromatic carbocycles. The Balaban J connectivity index is 2.83. The molecule has 0 amide bonds. The fourth-order valence-corrected chi connectivity index (χ4v) is 2.38. The van der Waals surface area contributed by atoms with Gasteiger partial charge in [0.15, 0.2) is 0 Å². The fourth-order valence-electron chi connectivity index (χ4n) is 2.38. The Hall–Kier alpha value is -2.10. The predicted molar refractivity (Wildman–Crippen MR) is 69.1 cm³/mol. The van der Waals surface area contributed by atoms with E-state index in [4.69, 9.17) is 5.11 Å². The van der Waals surface area contributed by atoms with Crippen molar-refractivity contribution in [2.45, 2.75) is 27.2 Å². The summed E-state index contributed by atoms with van der Waals surface area (Å²) >= 11 is 0. The van der Waals surface area contributed by atoms with Crippen LogP contribution in [0.25, 0.3) is 10.9 Å². The van der Waals surface area contributed by atoms with Crippen molar-refractivity contribution < 1.29 is 14.7 Å². The molecule has 0 aliphatic rings. The molecule has 4 nitrogen and oxygen atoms in total. The van der Waals surface area contributed by atoms with E-state index in [1.165, 1.54) is 6.92 Å². The zero-order chi connectivity index (χ0) is 13.4. The van der Waals surface area contributed by atoms with E-state index >= 15 is 0 Å². The van der Waals surface area contributed by atoms with Crippen LogP contribution in [0.15, 0.2) is 18.2 Å². The third-order valence-corrected chi connectivity index (χ3v) is 3.13. The lowest BCUT2D eigenvalue weighted by atomic mass is 10.1. The highest BCUT2D eigenvalue weighted by molar-refractivity contribution is 5.97. The Morgan fingerprint density at radius 1 is 1.28 bits per heavy atom. The Kier molecular flexibility index (Phi) is 2.95. The lowest BCUT2D eigenvalue weighted by molar-refractivity contribution is -0.136. The molecule has 0 atom stereocenters. The number of carboxylic acid groups (broad SMARTS) is 1. The first-order valence-corrected chi connectivity index (χ1v) is 5.75. The van der Waals surface area contributed by atoms with Gasteiger partial charge in [0, 0.05) is 18.0 Å². The number of hydrogen-bond acceptors (Lipinski definition) is 2. The van der Waals surface area contributed by atoms with Gasteiger partial charge in [-0.25, -0.2) is 0 Å². The zero-order valence-corrected chi connectivity index (χ0v) is 10.7. The van der Waals surface area contributed by atoms with Crippen LogP contribution < -0.4 is 0 Å². The second-order valence-electron chi connectivity index (χ2n) is 4.51. The lowest BCUT2D eigenvalue weighted by Gasteiger charge is -2.02. The van der Waals surface area contributed by atoms with Crippen LogP contribution in [0, 0.1) is 13.8 Å². The minimum absolute atomic E-state index is 0.0634. The van der Waals surface area contributed by atoms with Gasteiger partial charge in [0.25, 0.3) is 0 Å². The fraction of sp³-hybridized carbons (Fsp3) is 0.286.